The molecular weight excluding hydrogens is 440 g/mol. The van der Waals surface area contributed by atoms with Crippen LogP contribution in [0.5, 0.6) is 0 Å². The quantitative estimate of drug-likeness (QED) is 0.179. The van der Waals surface area contributed by atoms with Crippen molar-refractivity contribution in [1.82, 2.24) is 0 Å². The van der Waals surface area contributed by atoms with Gasteiger partial charge < -0.3 is 4.74 Å². The first kappa shape index (κ1) is 22.5. The number of carbonyl (C=O) groups excluding carboxylic acids is 4. The molecule has 0 saturated heterocycles. The van der Waals surface area contributed by atoms with Gasteiger partial charge in [-0.25, -0.2) is 9.69 Å². The molecule has 170 valence electrons. The number of Topliss-reactive ketones (excluding diaryl/α,β-unsaturated/α-hetero) is 1. The zero-order valence-electron chi connectivity index (χ0n) is 18.2. The molecular formula is C25H18N2O7. The molecule has 34 heavy (non-hydrogen) atoms. The third kappa shape index (κ3) is 4.06. The number of nitrogens with zero attached hydrogens (tertiary/aromatic N) is 2. The number of ketones is 1. The van der Waals surface area contributed by atoms with E-state index in [0.717, 1.165) is 22.1 Å². The van der Waals surface area contributed by atoms with Gasteiger partial charge in [0.1, 0.15) is 0 Å². The molecule has 9 heteroatoms. The van der Waals surface area contributed by atoms with Gasteiger partial charge in [0.2, 0.25) is 5.78 Å². The Morgan fingerprint density at radius 1 is 0.912 bits per heavy atom. The fourth-order valence-electron chi connectivity index (χ4n) is 3.64. The van der Waals surface area contributed by atoms with Crippen molar-refractivity contribution in [3.63, 3.8) is 0 Å². The van der Waals surface area contributed by atoms with Crippen LogP contribution in [0.3, 0.4) is 0 Å². The zero-order chi connectivity index (χ0) is 24.6. The molecule has 2 amide bonds. The van der Waals surface area contributed by atoms with Gasteiger partial charge in [0.25, 0.3) is 17.5 Å². The smallest absolute Gasteiger partial charge is 0.338 e. The molecule has 0 aliphatic carbocycles. The van der Waals surface area contributed by atoms with E-state index in [1.54, 1.807) is 13.0 Å². The average molecular weight is 458 g/mol. The topological polar surface area (TPSA) is 124 Å². The summed E-state index contributed by atoms with van der Waals surface area (Å²) in [5.41, 5.74) is 2.09. The van der Waals surface area contributed by atoms with Crippen LogP contribution in [0.1, 0.15) is 52.6 Å². The highest BCUT2D eigenvalue weighted by Gasteiger charge is 2.38. The van der Waals surface area contributed by atoms with Gasteiger partial charge in [0.15, 0.2) is 6.61 Å². The van der Waals surface area contributed by atoms with Crippen LogP contribution in [-0.4, -0.2) is 35.1 Å². The lowest BCUT2D eigenvalue weighted by atomic mass is 10.1. The minimum atomic E-state index is -0.869. The van der Waals surface area contributed by atoms with E-state index in [0.29, 0.717) is 5.69 Å². The maximum Gasteiger partial charge on any atom is 0.338 e. The van der Waals surface area contributed by atoms with Crippen molar-refractivity contribution in [2.24, 2.45) is 0 Å². The number of carbonyl (C=O) groups is 4. The molecule has 3 aromatic carbocycles. The first-order valence-corrected chi connectivity index (χ1v) is 10.2. The number of fused-ring (bicyclic) bond motifs is 1. The Hall–Kier alpha value is -4.66. The maximum absolute atomic E-state index is 13.0. The Labute approximate surface area is 193 Å². The lowest BCUT2D eigenvalue weighted by Gasteiger charge is -2.17. The van der Waals surface area contributed by atoms with Crippen molar-refractivity contribution >= 4 is 34.9 Å². The average Bonchev–Trinajstić information content (AvgIpc) is 3.08. The molecule has 0 unspecified atom stereocenters. The molecule has 0 atom stereocenters. The van der Waals surface area contributed by atoms with Crippen molar-refractivity contribution in [1.29, 1.82) is 0 Å². The number of amides is 2. The minimum Gasteiger partial charge on any atom is -0.454 e. The molecule has 4 rings (SSSR count). The van der Waals surface area contributed by atoms with Gasteiger partial charge in [0.05, 0.1) is 27.3 Å². The summed E-state index contributed by atoms with van der Waals surface area (Å²) in [6.07, 6.45) is 0. The van der Waals surface area contributed by atoms with Crippen LogP contribution in [0, 0.1) is 24.0 Å². The van der Waals surface area contributed by atoms with Gasteiger partial charge in [-0.3, -0.25) is 24.5 Å². The summed E-state index contributed by atoms with van der Waals surface area (Å²) in [5, 5.41) is 10.9. The Morgan fingerprint density at radius 2 is 1.65 bits per heavy atom. The fourth-order valence-corrected chi connectivity index (χ4v) is 3.64. The van der Waals surface area contributed by atoms with Gasteiger partial charge in [-0.15, -0.1) is 0 Å². The Kier molecular flexibility index (Phi) is 5.77. The maximum atomic E-state index is 13.0. The Bertz CT molecular complexity index is 1390. The first-order valence-electron chi connectivity index (χ1n) is 10.2. The van der Waals surface area contributed by atoms with Gasteiger partial charge >= 0.3 is 5.97 Å². The molecule has 1 heterocycles. The van der Waals surface area contributed by atoms with Crippen LogP contribution in [0.25, 0.3) is 0 Å². The molecule has 9 nitrogen and oxygen atoms in total. The van der Waals surface area contributed by atoms with Crippen molar-refractivity contribution in [2.75, 3.05) is 11.5 Å². The summed E-state index contributed by atoms with van der Waals surface area (Å²) in [7, 11) is 0. The van der Waals surface area contributed by atoms with Crippen LogP contribution in [0.15, 0.2) is 60.7 Å². The number of aryl methyl sites for hydroxylation is 2. The van der Waals surface area contributed by atoms with Crippen molar-refractivity contribution in [3.8, 4) is 0 Å². The highest BCUT2D eigenvalue weighted by molar-refractivity contribution is 6.35. The van der Waals surface area contributed by atoms with Crippen LogP contribution in [-0.2, 0) is 4.74 Å². The van der Waals surface area contributed by atoms with Crippen LogP contribution in [0.2, 0.25) is 0 Å². The standard InChI is InChI=1S/C25H18N2O7/c1-14-6-7-15(2)21(10-14)26-23(29)19-9-8-17(12-20(19)24(26)30)25(31)34-13-22(28)16-4-3-5-18(11-16)27(32)33/h3-12H,13H2,1-2H3. The Morgan fingerprint density at radius 3 is 2.38 bits per heavy atom. The predicted octanol–water partition coefficient (Wildman–Crippen LogP) is 4.05. The van der Waals surface area contributed by atoms with Gasteiger partial charge in [-0.1, -0.05) is 24.3 Å². The van der Waals surface area contributed by atoms with Crippen LogP contribution < -0.4 is 4.90 Å². The molecule has 0 saturated carbocycles. The van der Waals surface area contributed by atoms with Crippen molar-refractivity contribution in [2.45, 2.75) is 13.8 Å². The second-order valence-corrected chi connectivity index (χ2v) is 7.80. The number of imide groups is 1. The van der Waals surface area contributed by atoms with Crippen LogP contribution in [0.4, 0.5) is 11.4 Å². The van der Waals surface area contributed by atoms with Crippen LogP contribution >= 0.6 is 0 Å². The highest BCUT2D eigenvalue weighted by Crippen LogP contribution is 2.32. The molecule has 0 aromatic heterocycles. The lowest BCUT2D eigenvalue weighted by molar-refractivity contribution is -0.384. The van der Waals surface area contributed by atoms with E-state index in [-0.39, 0.29) is 27.9 Å². The third-order valence-electron chi connectivity index (χ3n) is 5.44. The second-order valence-electron chi connectivity index (χ2n) is 7.80. The molecule has 0 radical (unpaired) electrons. The minimum absolute atomic E-state index is 0.00504. The van der Waals surface area contributed by atoms with Gasteiger partial charge in [0, 0.05) is 17.7 Å². The predicted molar refractivity (Wildman–Crippen MR) is 121 cm³/mol. The van der Waals surface area contributed by atoms with E-state index in [4.69, 9.17) is 4.74 Å². The van der Waals surface area contributed by atoms with Gasteiger partial charge in [-0.2, -0.15) is 0 Å². The number of esters is 1. The molecule has 1 aliphatic heterocycles. The number of hydrogen-bond acceptors (Lipinski definition) is 7. The molecule has 0 bridgehead atoms. The van der Waals surface area contributed by atoms with E-state index in [2.05, 4.69) is 0 Å². The van der Waals surface area contributed by atoms with E-state index in [1.165, 1.54) is 36.4 Å². The summed E-state index contributed by atoms with van der Waals surface area (Å²) in [6.45, 7) is 3.00. The normalized spacial score (nSPS) is 12.5. The van der Waals surface area contributed by atoms with E-state index < -0.39 is 35.1 Å². The molecule has 1 aliphatic rings. The fraction of sp³-hybridized carbons (Fsp3) is 0.120. The number of nitro groups is 1. The number of anilines is 1. The SMILES string of the molecule is Cc1ccc(C)c(N2C(=O)c3ccc(C(=O)OCC(=O)c4cccc([N+](=O)[O-])c4)cc3C2=O)c1. The number of non-ortho nitro benzene ring substituents is 1. The molecule has 0 spiro atoms. The number of hydrogen-bond donors (Lipinski definition) is 0. The summed E-state index contributed by atoms with van der Waals surface area (Å²) >= 11 is 0. The number of nitro benzene ring substituents is 1. The monoisotopic (exact) mass is 458 g/mol. The lowest BCUT2D eigenvalue weighted by Crippen LogP contribution is -2.30. The van der Waals surface area contributed by atoms with Gasteiger partial charge in [-0.05, 0) is 49.2 Å². The summed E-state index contributed by atoms with van der Waals surface area (Å²) in [4.78, 5) is 62.0. The summed E-state index contributed by atoms with van der Waals surface area (Å²) < 4.78 is 5.04. The van der Waals surface area contributed by atoms with E-state index in [1.807, 2.05) is 19.1 Å². The summed E-state index contributed by atoms with van der Waals surface area (Å²) in [6, 6.07) is 14.5. The second kappa shape index (κ2) is 8.70. The third-order valence-corrected chi connectivity index (χ3v) is 5.44. The Balaban J connectivity index is 1.52. The number of ether oxygens (including phenoxy) is 1. The summed E-state index contributed by atoms with van der Waals surface area (Å²) in [5.74, 6) is -2.54. The zero-order valence-corrected chi connectivity index (χ0v) is 18.2. The molecule has 3 aromatic rings. The largest absolute Gasteiger partial charge is 0.454 e. The molecule has 0 N–H and O–H groups in total. The number of rotatable bonds is 6. The molecule has 0 fully saturated rings. The van der Waals surface area contributed by atoms with Crippen molar-refractivity contribution < 1.29 is 28.8 Å². The first-order chi connectivity index (χ1) is 16.2. The van der Waals surface area contributed by atoms with E-state index in [9.17, 15) is 29.3 Å². The van der Waals surface area contributed by atoms with Crippen molar-refractivity contribution in [3.05, 3.63) is 104 Å². The number of benzene rings is 3. The highest BCUT2D eigenvalue weighted by atomic mass is 16.6. The van der Waals surface area contributed by atoms with E-state index >= 15 is 0 Å².